The number of nitrogens with one attached hydrogen (secondary N) is 3. The van der Waals surface area contributed by atoms with Gasteiger partial charge in [-0.1, -0.05) is 18.2 Å². The smallest absolute Gasteiger partial charge is 0.326 e. The van der Waals surface area contributed by atoms with E-state index in [0.29, 0.717) is 4.57 Å². The number of H-pyrrole nitrogens is 1. The van der Waals surface area contributed by atoms with Crippen molar-refractivity contribution in [1.82, 2.24) is 14.9 Å². The van der Waals surface area contributed by atoms with Crippen LogP contribution in [-0.4, -0.2) is 27.5 Å². The minimum Gasteiger partial charge on any atom is -0.326 e. The summed E-state index contributed by atoms with van der Waals surface area (Å²) in [6, 6.07) is 10.8. The maximum absolute atomic E-state index is 14.3. The molecule has 3 N–H and O–H groups in total. The predicted octanol–water partition coefficient (Wildman–Crippen LogP) is 1.80. The Kier molecular flexibility index (Phi) is 4.72. The second-order valence-electron chi connectivity index (χ2n) is 6.82. The summed E-state index contributed by atoms with van der Waals surface area (Å²) < 4.78 is 56.8. The van der Waals surface area contributed by atoms with Gasteiger partial charge in [-0.2, -0.15) is 13.2 Å². The Bertz CT molecular complexity index is 1350. The van der Waals surface area contributed by atoms with E-state index in [-0.39, 0.29) is 11.3 Å². The van der Waals surface area contributed by atoms with Crippen LogP contribution in [0, 0.1) is 5.82 Å². The van der Waals surface area contributed by atoms with Gasteiger partial charge < -0.3 is 10.6 Å². The van der Waals surface area contributed by atoms with E-state index in [1.54, 1.807) is 16.4 Å². The number of nitrogens with zero attached hydrogens (tertiary/aromatic N) is 1. The summed E-state index contributed by atoms with van der Waals surface area (Å²) in [7, 11) is 0. The number of amides is 2. The first-order valence-electron chi connectivity index (χ1n) is 8.98. The fraction of sp³-hybridized carbons (Fsp3) is 0.100. The number of rotatable bonds is 3. The van der Waals surface area contributed by atoms with Gasteiger partial charge in [0, 0.05) is 5.56 Å². The minimum absolute atomic E-state index is 0.0631. The molecule has 8 nitrogen and oxygen atoms in total. The molecule has 0 radical (unpaired) electrons. The Morgan fingerprint density at radius 1 is 0.969 bits per heavy atom. The van der Waals surface area contributed by atoms with E-state index in [1.807, 2.05) is 5.32 Å². The van der Waals surface area contributed by atoms with Gasteiger partial charge in [0.15, 0.2) is 0 Å². The Balaban J connectivity index is 1.96. The zero-order valence-corrected chi connectivity index (χ0v) is 15.8. The molecule has 12 heteroatoms. The zero-order chi connectivity index (χ0) is 23.3. The van der Waals surface area contributed by atoms with Crippen LogP contribution in [0.2, 0.25) is 0 Å². The molecule has 4 rings (SSSR count). The van der Waals surface area contributed by atoms with Crippen LogP contribution in [0.1, 0.15) is 15.9 Å². The van der Waals surface area contributed by atoms with Crippen molar-refractivity contribution in [3.8, 4) is 5.69 Å². The van der Waals surface area contributed by atoms with E-state index >= 15 is 0 Å². The molecule has 0 spiro atoms. The highest BCUT2D eigenvalue weighted by Gasteiger charge is 2.68. The van der Waals surface area contributed by atoms with Crippen LogP contribution < -0.4 is 21.9 Å². The van der Waals surface area contributed by atoms with Crippen LogP contribution in [0.3, 0.4) is 0 Å². The lowest BCUT2D eigenvalue weighted by Crippen LogP contribution is -2.62. The Labute approximate surface area is 175 Å². The Hall–Kier alpha value is -4.22. The van der Waals surface area contributed by atoms with Crippen molar-refractivity contribution in [3.63, 3.8) is 0 Å². The van der Waals surface area contributed by atoms with Gasteiger partial charge in [0.1, 0.15) is 17.2 Å². The largest absolute Gasteiger partial charge is 0.425 e. The normalized spacial score (nSPS) is 17.6. The standard InChI is InChI=1S/C20H12F4N4O4/c21-11-8-6-10(7-9-11)15(29)27-19(20(22,23)24)13-14(25-17(19)31)28(18(32)26-16(13)30)12-4-2-1-3-5-12/h1-9H,(H,25,31)(H,27,29)(H,26,30,32)/t19-/m0/s1. The van der Waals surface area contributed by atoms with Gasteiger partial charge in [0.05, 0.1) is 5.69 Å². The lowest BCUT2D eigenvalue weighted by molar-refractivity contribution is -0.196. The lowest BCUT2D eigenvalue weighted by Gasteiger charge is -2.30. The Morgan fingerprint density at radius 2 is 1.59 bits per heavy atom. The molecule has 32 heavy (non-hydrogen) atoms. The van der Waals surface area contributed by atoms with Crippen LogP contribution in [0.5, 0.6) is 0 Å². The molecule has 1 aliphatic heterocycles. The summed E-state index contributed by atoms with van der Waals surface area (Å²) >= 11 is 0. The van der Waals surface area contributed by atoms with Crippen molar-refractivity contribution in [2.24, 2.45) is 0 Å². The summed E-state index contributed by atoms with van der Waals surface area (Å²) in [5, 5.41) is 3.50. The lowest BCUT2D eigenvalue weighted by atomic mass is 9.91. The van der Waals surface area contributed by atoms with Crippen LogP contribution in [-0.2, 0) is 10.3 Å². The van der Waals surface area contributed by atoms with Crippen molar-refractivity contribution in [3.05, 3.63) is 92.4 Å². The number of aromatic amines is 1. The SMILES string of the molecule is O=C(N[C@]1(C(F)(F)F)C(=O)Nc2c1c(=O)[nH]c(=O)n2-c1ccccc1)c1ccc(F)cc1. The van der Waals surface area contributed by atoms with Crippen LogP contribution in [0.25, 0.3) is 5.69 Å². The summed E-state index contributed by atoms with van der Waals surface area (Å²) in [5.41, 5.74) is -7.92. The molecule has 0 saturated heterocycles. The van der Waals surface area contributed by atoms with Gasteiger partial charge in [-0.25, -0.2) is 13.8 Å². The summed E-state index contributed by atoms with van der Waals surface area (Å²) in [6.45, 7) is 0. The molecule has 2 aromatic carbocycles. The molecule has 0 aliphatic carbocycles. The number of hydrogen-bond acceptors (Lipinski definition) is 4. The monoisotopic (exact) mass is 448 g/mol. The molecule has 2 amide bonds. The predicted molar refractivity (Wildman–Crippen MR) is 103 cm³/mol. The van der Waals surface area contributed by atoms with E-state index in [9.17, 15) is 36.7 Å². The van der Waals surface area contributed by atoms with E-state index in [1.165, 1.54) is 24.3 Å². The Morgan fingerprint density at radius 3 is 2.19 bits per heavy atom. The number of hydrogen-bond donors (Lipinski definition) is 3. The first kappa shape index (κ1) is 21.0. The van der Waals surface area contributed by atoms with E-state index < -0.39 is 52.0 Å². The first-order valence-corrected chi connectivity index (χ1v) is 8.98. The molecule has 3 aromatic rings. The zero-order valence-electron chi connectivity index (χ0n) is 15.8. The summed E-state index contributed by atoms with van der Waals surface area (Å²) in [6.07, 6.45) is -5.48. The highest BCUT2D eigenvalue weighted by Crippen LogP contribution is 2.45. The third-order valence-electron chi connectivity index (χ3n) is 4.91. The fourth-order valence-corrected chi connectivity index (χ4v) is 3.45. The second-order valence-corrected chi connectivity index (χ2v) is 6.82. The van der Waals surface area contributed by atoms with Crippen LogP contribution in [0.4, 0.5) is 23.4 Å². The molecule has 2 heterocycles. The number of benzene rings is 2. The number of fused-ring (bicyclic) bond motifs is 1. The van der Waals surface area contributed by atoms with Crippen molar-refractivity contribution in [2.45, 2.75) is 11.7 Å². The molecule has 164 valence electrons. The molecule has 1 atom stereocenters. The number of alkyl halides is 3. The van der Waals surface area contributed by atoms with E-state index in [2.05, 4.69) is 0 Å². The fourth-order valence-electron chi connectivity index (χ4n) is 3.45. The maximum Gasteiger partial charge on any atom is 0.425 e. The van der Waals surface area contributed by atoms with Gasteiger partial charge in [-0.05, 0) is 36.4 Å². The third kappa shape index (κ3) is 3.07. The van der Waals surface area contributed by atoms with E-state index in [4.69, 9.17) is 0 Å². The van der Waals surface area contributed by atoms with Gasteiger partial charge in [0.25, 0.3) is 22.9 Å². The molecule has 0 fully saturated rings. The number of para-hydroxylation sites is 1. The maximum atomic E-state index is 14.3. The molecule has 0 unspecified atom stereocenters. The van der Waals surface area contributed by atoms with Crippen molar-refractivity contribution in [1.29, 1.82) is 0 Å². The molecular weight excluding hydrogens is 436 g/mol. The quantitative estimate of drug-likeness (QED) is 0.531. The number of halogens is 4. The van der Waals surface area contributed by atoms with E-state index in [0.717, 1.165) is 24.3 Å². The molecule has 1 aliphatic rings. The first-order chi connectivity index (χ1) is 15.1. The highest BCUT2D eigenvalue weighted by atomic mass is 19.4. The molecule has 1 aromatic heterocycles. The average Bonchev–Trinajstić information content (AvgIpc) is 3.02. The molecular formula is C20H12F4N4O4. The molecule has 0 saturated carbocycles. The number of anilines is 1. The van der Waals surface area contributed by atoms with Crippen molar-refractivity contribution < 1.29 is 27.2 Å². The van der Waals surface area contributed by atoms with Crippen molar-refractivity contribution >= 4 is 17.6 Å². The third-order valence-corrected chi connectivity index (χ3v) is 4.91. The van der Waals surface area contributed by atoms with Crippen LogP contribution in [0.15, 0.2) is 64.2 Å². The number of aromatic nitrogens is 2. The minimum atomic E-state index is -5.48. The van der Waals surface area contributed by atoms with Crippen LogP contribution >= 0.6 is 0 Å². The summed E-state index contributed by atoms with van der Waals surface area (Å²) in [5.74, 6) is -4.63. The highest BCUT2D eigenvalue weighted by molar-refractivity contribution is 6.09. The average molecular weight is 448 g/mol. The second kappa shape index (κ2) is 7.18. The molecule has 0 bridgehead atoms. The van der Waals surface area contributed by atoms with Gasteiger partial charge in [-0.3, -0.25) is 19.4 Å². The number of carbonyl (C=O) groups excluding carboxylic acids is 2. The number of carbonyl (C=O) groups is 2. The van der Waals surface area contributed by atoms with Crippen molar-refractivity contribution in [2.75, 3.05) is 5.32 Å². The van der Waals surface area contributed by atoms with Gasteiger partial charge in [0.2, 0.25) is 0 Å². The van der Waals surface area contributed by atoms with Gasteiger partial charge >= 0.3 is 11.9 Å². The topological polar surface area (TPSA) is 113 Å². The van der Waals surface area contributed by atoms with Gasteiger partial charge in [-0.15, -0.1) is 0 Å². The summed E-state index contributed by atoms with van der Waals surface area (Å²) in [4.78, 5) is 51.9.